The van der Waals surface area contributed by atoms with Gasteiger partial charge in [0.1, 0.15) is 42.7 Å². The zero-order valence-corrected chi connectivity index (χ0v) is 38.2. The number of esters is 1. The normalized spacial score (nSPS) is 22.5. The molecule has 6 atom stereocenters. The number of aliphatic hydroxyl groups excluding tert-OH is 5. The number of phosphoric acid groups is 1. The molecule has 1 saturated carbocycles. The number of unbranched alkanes of at least 4 members (excludes halogenated alkanes) is 27. The number of carbonyl (C=O) groups is 1. The van der Waals surface area contributed by atoms with Crippen molar-refractivity contribution in [2.24, 2.45) is 0 Å². The lowest BCUT2D eigenvalue weighted by molar-refractivity contribution is -0.220. The predicted molar refractivity (Wildman–Crippen MR) is 235 cm³/mol. The summed E-state index contributed by atoms with van der Waals surface area (Å²) in [5.41, 5.74) is 0. The first-order valence-electron chi connectivity index (χ1n) is 24.0. The fourth-order valence-electron chi connectivity index (χ4n) is 7.53. The monoisotopic (exact) mass is 865 g/mol. The molecule has 1 aliphatic carbocycles. The van der Waals surface area contributed by atoms with Crippen LogP contribution in [0.15, 0.2) is 12.2 Å². The Morgan fingerprint density at radius 1 is 0.525 bits per heavy atom. The van der Waals surface area contributed by atoms with E-state index in [1.165, 1.54) is 128 Å². The molecule has 0 aromatic rings. The van der Waals surface area contributed by atoms with Crippen LogP contribution in [0.4, 0.5) is 0 Å². The minimum absolute atomic E-state index is 0.0741. The van der Waals surface area contributed by atoms with Crippen LogP contribution in [0.25, 0.3) is 0 Å². The molecule has 0 heterocycles. The predicted octanol–water partition coefficient (Wildman–Crippen LogP) is 9.92. The second-order valence-electron chi connectivity index (χ2n) is 17.0. The van der Waals surface area contributed by atoms with Crippen LogP contribution in [0.1, 0.15) is 213 Å². The highest BCUT2D eigenvalue weighted by Gasteiger charge is 2.51. The number of hydrogen-bond donors (Lipinski definition) is 6. The Morgan fingerprint density at radius 3 is 1.34 bits per heavy atom. The Hall–Kier alpha value is -0.920. The number of phosphoric ester groups is 1. The first-order valence-corrected chi connectivity index (χ1v) is 25.5. The molecule has 1 fully saturated rings. The lowest BCUT2D eigenvalue weighted by Crippen LogP contribution is -2.64. The minimum atomic E-state index is -5.01. The highest BCUT2D eigenvalue weighted by atomic mass is 31.2. The van der Waals surface area contributed by atoms with Crippen LogP contribution in [0.5, 0.6) is 0 Å². The van der Waals surface area contributed by atoms with Crippen LogP contribution in [-0.4, -0.2) is 98.9 Å². The van der Waals surface area contributed by atoms with Gasteiger partial charge in [-0.25, -0.2) is 4.57 Å². The molecule has 0 aliphatic heterocycles. The van der Waals surface area contributed by atoms with E-state index in [0.29, 0.717) is 13.0 Å². The van der Waals surface area contributed by atoms with E-state index in [4.69, 9.17) is 18.5 Å². The van der Waals surface area contributed by atoms with Gasteiger partial charge in [0.15, 0.2) is 0 Å². The zero-order chi connectivity index (χ0) is 43.4. The summed E-state index contributed by atoms with van der Waals surface area (Å²) >= 11 is 0. The van der Waals surface area contributed by atoms with E-state index in [1.807, 2.05) is 0 Å². The standard InChI is InChI=1S/C46H89O12P/c1-3-5-7-9-11-13-15-17-19-20-22-24-26-28-30-32-34-36-55-37-39(38-56-59(53,54)58-46-44(51)42(49)41(48)43(50)45(46)52)57-40(47)35-33-31-29-27-25-23-21-18-16-14-12-10-8-6-4-2/h18,21,39,41-46,48-52H,3-17,19-20,22-38H2,1-2H3,(H,53,54)/b21-18-. The van der Waals surface area contributed by atoms with Crippen LogP contribution in [0.3, 0.4) is 0 Å². The van der Waals surface area contributed by atoms with Crippen LogP contribution in [0.2, 0.25) is 0 Å². The third-order valence-electron chi connectivity index (χ3n) is 11.4. The van der Waals surface area contributed by atoms with Crippen molar-refractivity contribution in [1.29, 1.82) is 0 Å². The Labute approximate surface area is 358 Å². The quantitative estimate of drug-likeness (QED) is 0.0148. The van der Waals surface area contributed by atoms with Crippen molar-refractivity contribution in [3.8, 4) is 0 Å². The number of hydrogen-bond acceptors (Lipinski definition) is 11. The number of rotatable bonds is 41. The lowest BCUT2D eigenvalue weighted by atomic mass is 9.85. The molecule has 0 radical (unpaired) electrons. The number of carbonyl (C=O) groups excluding carboxylic acids is 1. The van der Waals surface area contributed by atoms with E-state index in [1.54, 1.807) is 0 Å². The van der Waals surface area contributed by atoms with Gasteiger partial charge in [-0.1, -0.05) is 180 Å². The molecule has 59 heavy (non-hydrogen) atoms. The van der Waals surface area contributed by atoms with E-state index >= 15 is 0 Å². The van der Waals surface area contributed by atoms with Crippen molar-refractivity contribution in [3.63, 3.8) is 0 Å². The van der Waals surface area contributed by atoms with Gasteiger partial charge in [0.25, 0.3) is 0 Å². The van der Waals surface area contributed by atoms with Gasteiger partial charge in [-0.2, -0.15) is 0 Å². The molecule has 350 valence electrons. The summed E-state index contributed by atoms with van der Waals surface area (Å²) in [7, 11) is -5.01. The number of allylic oxidation sites excluding steroid dienone is 2. The van der Waals surface area contributed by atoms with Gasteiger partial charge in [-0.05, 0) is 38.5 Å². The van der Waals surface area contributed by atoms with Gasteiger partial charge >= 0.3 is 13.8 Å². The second-order valence-corrected chi connectivity index (χ2v) is 18.4. The zero-order valence-electron chi connectivity index (χ0n) is 37.3. The highest BCUT2D eigenvalue weighted by Crippen LogP contribution is 2.47. The van der Waals surface area contributed by atoms with Gasteiger partial charge in [0, 0.05) is 13.0 Å². The van der Waals surface area contributed by atoms with E-state index < -0.39 is 63.1 Å². The molecule has 6 N–H and O–H groups in total. The summed E-state index contributed by atoms with van der Waals surface area (Å²) < 4.78 is 34.2. The fraction of sp³-hybridized carbons (Fsp3) is 0.935. The van der Waals surface area contributed by atoms with Crippen molar-refractivity contribution in [1.82, 2.24) is 0 Å². The molecule has 6 unspecified atom stereocenters. The molecule has 0 spiro atoms. The van der Waals surface area contributed by atoms with Crippen LogP contribution in [-0.2, 0) is 27.9 Å². The molecular weight excluding hydrogens is 775 g/mol. The van der Waals surface area contributed by atoms with Crippen molar-refractivity contribution in [3.05, 3.63) is 12.2 Å². The molecule has 0 aromatic heterocycles. The van der Waals surface area contributed by atoms with E-state index in [2.05, 4.69) is 26.0 Å². The average Bonchev–Trinajstić information content (AvgIpc) is 3.22. The maximum absolute atomic E-state index is 12.8. The first kappa shape index (κ1) is 56.1. The molecular formula is C46H89O12P. The molecule has 0 aromatic carbocycles. The van der Waals surface area contributed by atoms with Crippen molar-refractivity contribution in [2.75, 3.05) is 19.8 Å². The third kappa shape index (κ3) is 29.9. The summed E-state index contributed by atoms with van der Waals surface area (Å²) in [5, 5.41) is 50.2. The Balaban J connectivity index is 2.37. The molecule has 0 saturated heterocycles. The molecule has 13 heteroatoms. The van der Waals surface area contributed by atoms with Gasteiger partial charge in [0.2, 0.25) is 0 Å². The Morgan fingerprint density at radius 2 is 0.898 bits per heavy atom. The fourth-order valence-corrected chi connectivity index (χ4v) is 8.50. The first-order chi connectivity index (χ1) is 28.5. The largest absolute Gasteiger partial charge is 0.472 e. The lowest BCUT2D eigenvalue weighted by Gasteiger charge is -2.41. The smallest absolute Gasteiger partial charge is 0.457 e. The molecule has 0 amide bonds. The summed E-state index contributed by atoms with van der Waals surface area (Å²) in [6.45, 7) is 4.27. The Kier molecular flexibility index (Phi) is 35.8. The average molecular weight is 865 g/mol. The SMILES string of the molecule is CCCCCCCC/C=C\CCCCCCCC(=O)OC(COCCCCCCCCCCCCCCCCCCC)COP(=O)(O)OC1C(O)C(O)C(O)C(O)C1O. The summed E-state index contributed by atoms with van der Waals surface area (Å²) in [5.74, 6) is -0.482. The van der Waals surface area contributed by atoms with E-state index in [-0.39, 0.29) is 13.0 Å². The molecule has 1 rings (SSSR count). The molecule has 1 aliphatic rings. The Bertz CT molecular complexity index is 1030. The number of ether oxygens (including phenoxy) is 2. The van der Waals surface area contributed by atoms with Crippen molar-refractivity contribution >= 4 is 13.8 Å². The van der Waals surface area contributed by atoms with Gasteiger partial charge in [0.05, 0.1) is 13.2 Å². The second kappa shape index (κ2) is 37.6. The third-order valence-corrected chi connectivity index (χ3v) is 12.4. The van der Waals surface area contributed by atoms with Crippen molar-refractivity contribution in [2.45, 2.75) is 256 Å². The minimum Gasteiger partial charge on any atom is -0.457 e. The van der Waals surface area contributed by atoms with Gasteiger partial charge in [-0.3, -0.25) is 13.8 Å². The van der Waals surface area contributed by atoms with Crippen LogP contribution >= 0.6 is 7.82 Å². The summed E-state index contributed by atoms with van der Waals surface area (Å²) in [4.78, 5) is 23.2. The van der Waals surface area contributed by atoms with Gasteiger partial charge in [-0.15, -0.1) is 0 Å². The van der Waals surface area contributed by atoms with Crippen molar-refractivity contribution < 1.29 is 58.3 Å². The summed E-state index contributed by atoms with van der Waals surface area (Å²) in [6, 6.07) is 0. The highest BCUT2D eigenvalue weighted by molar-refractivity contribution is 7.47. The number of aliphatic hydroxyl groups is 5. The molecule has 12 nitrogen and oxygen atoms in total. The van der Waals surface area contributed by atoms with E-state index in [9.17, 15) is 39.8 Å². The maximum Gasteiger partial charge on any atom is 0.472 e. The topological polar surface area (TPSA) is 192 Å². The maximum atomic E-state index is 12.8. The van der Waals surface area contributed by atoms with Gasteiger partial charge < -0.3 is 39.9 Å². The molecule has 0 bridgehead atoms. The van der Waals surface area contributed by atoms with Crippen LogP contribution in [0, 0.1) is 0 Å². The summed E-state index contributed by atoms with van der Waals surface area (Å²) in [6.07, 6.45) is 28.5. The van der Waals surface area contributed by atoms with Crippen LogP contribution < -0.4 is 0 Å². The van der Waals surface area contributed by atoms with E-state index in [0.717, 1.165) is 57.8 Å².